The van der Waals surface area contributed by atoms with Crippen LogP contribution in [0.4, 0.5) is 11.4 Å². The van der Waals surface area contributed by atoms with Gasteiger partial charge in [-0.1, -0.05) is 17.7 Å². The number of rotatable bonds is 5. The molecule has 0 radical (unpaired) electrons. The third-order valence-corrected chi connectivity index (χ3v) is 3.99. The Kier molecular flexibility index (Phi) is 6.36. The van der Waals surface area contributed by atoms with Crippen molar-refractivity contribution >= 4 is 40.8 Å². The van der Waals surface area contributed by atoms with E-state index in [0.29, 0.717) is 22.0 Å². The van der Waals surface area contributed by atoms with Crippen LogP contribution in [0.25, 0.3) is 0 Å². The first kappa shape index (κ1) is 19.5. The van der Waals surface area contributed by atoms with Gasteiger partial charge in [-0.25, -0.2) is 4.79 Å². The number of hydrogen-bond acceptors (Lipinski definition) is 4. The lowest BCUT2D eigenvalue weighted by molar-refractivity contribution is -0.120. The molecule has 0 saturated carbocycles. The molecule has 6 nitrogen and oxygen atoms in total. The number of amides is 2. The Morgan fingerprint density at radius 1 is 1.12 bits per heavy atom. The Labute approximate surface area is 156 Å². The van der Waals surface area contributed by atoms with Crippen LogP contribution in [0, 0.1) is 6.92 Å². The molecule has 2 rings (SSSR count). The van der Waals surface area contributed by atoms with Crippen molar-refractivity contribution in [2.75, 3.05) is 23.9 Å². The van der Waals surface area contributed by atoms with Gasteiger partial charge in [-0.3, -0.25) is 9.59 Å². The maximum absolute atomic E-state index is 12.4. The molecule has 0 spiro atoms. The van der Waals surface area contributed by atoms with Gasteiger partial charge < -0.3 is 15.0 Å². The number of aryl methyl sites for hydroxylation is 1. The fourth-order valence-electron chi connectivity index (χ4n) is 2.34. The summed E-state index contributed by atoms with van der Waals surface area (Å²) in [5.74, 6) is -1.13. The number of esters is 1. The van der Waals surface area contributed by atoms with Crippen LogP contribution in [0.3, 0.4) is 0 Å². The molecule has 0 aliphatic rings. The van der Waals surface area contributed by atoms with Gasteiger partial charge in [0.25, 0.3) is 0 Å². The highest BCUT2D eigenvalue weighted by Crippen LogP contribution is 2.21. The summed E-state index contributed by atoms with van der Waals surface area (Å²) in [6.07, 6.45) is 0. The minimum atomic E-state index is -0.472. The number of benzene rings is 2. The number of halogens is 1. The zero-order chi connectivity index (χ0) is 19.3. The van der Waals surface area contributed by atoms with E-state index < -0.39 is 5.97 Å². The van der Waals surface area contributed by atoms with E-state index in [1.54, 1.807) is 30.3 Å². The molecule has 0 fully saturated rings. The highest BCUT2D eigenvalue weighted by atomic mass is 35.5. The van der Waals surface area contributed by atoms with E-state index in [1.165, 1.54) is 31.1 Å². The summed E-state index contributed by atoms with van der Waals surface area (Å²) < 4.78 is 4.64. The molecule has 0 bridgehead atoms. The molecule has 0 atom stereocenters. The van der Waals surface area contributed by atoms with Crippen molar-refractivity contribution in [3.05, 3.63) is 58.6 Å². The Morgan fingerprint density at radius 3 is 2.35 bits per heavy atom. The average Bonchev–Trinajstić information content (AvgIpc) is 2.62. The minimum Gasteiger partial charge on any atom is -0.465 e. The SMILES string of the molecule is COC(=O)c1ccc(N(CC(=O)Nc2cc(Cl)ccc2C)C(C)=O)cc1. The van der Waals surface area contributed by atoms with E-state index in [9.17, 15) is 14.4 Å². The van der Waals surface area contributed by atoms with E-state index in [4.69, 9.17) is 11.6 Å². The molecule has 0 aromatic heterocycles. The lowest BCUT2D eigenvalue weighted by atomic mass is 10.2. The van der Waals surface area contributed by atoms with Crippen LogP contribution in [-0.4, -0.2) is 31.4 Å². The van der Waals surface area contributed by atoms with Crippen molar-refractivity contribution in [2.24, 2.45) is 0 Å². The van der Waals surface area contributed by atoms with Crippen LogP contribution < -0.4 is 10.2 Å². The van der Waals surface area contributed by atoms with Crippen LogP contribution >= 0.6 is 11.6 Å². The molecule has 7 heteroatoms. The van der Waals surface area contributed by atoms with Gasteiger partial charge in [0.1, 0.15) is 6.54 Å². The molecular weight excluding hydrogens is 356 g/mol. The zero-order valence-electron chi connectivity index (χ0n) is 14.7. The van der Waals surface area contributed by atoms with Gasteiger partial charge in [-0.05, 0) is 48.9 Å². The van der Waals surface area contributed by atoms with Crippen molar-refractivity contribution < 1.29 is 19.1 Å². The second-order valence-electron chi connectivity index (χ2n) is 5.65. The summed E-state index contributed by atoms with van der Waals surface area (Å²) in [6.45, 7) is 3.05. The summed E-state index contributed by atoms with van der Waals surface area (Å²) in [5.41, 5.74) is 2.31. The van der Waals surface area contributed by atoms with Crippen LogP contribution in [0.5, 0.6) is 0 Å². The fraction of sp³-hybridized carbons (Fsp3) is 0.211. The maximum atomic E-state index is 12.4. The van der Waals surface area contributed by atoms with Crippen LogP contribution in [0.15, 0.2) is 42.5 Å². The Hall–Kier alpha value is -2.86. The summed E-state index contributed by atoms with van der Waals surface area (Å²) in [5, 5.41) is 3.26. The van der Waals surface area contributed by atoms with Crippen LogP contribution in [0.2, 0.25) is 5.02 Å². The summed E-state index contributed by atoms with van der Waals surface area (Å²) >= 11 is 5.95. The Morgan fingerprint density at radius 2 is 1.77 bits per heavy atom. The predicted octanol–water partition coefficient (Wildman–Crippen LogP) is 3.43. The number of anilines is 2. The molecule has 0 heterocycles. The number of nitrogens with one attached hydrogen (secondary N) is 1. The van der Waals surface area contributed by atoms with E-state index in [2.05, 4.69) is 10.1 Å². The number of hydrogen-bond donors (Lipinski definition) is 1. The molecule has 1 N–H and O–H groups in total. The molecule has 2 aromatic rings. The average molecular weight is 375 g/mol. The highest BCUT2D eigenvalue weighted by Gasteiger charge is 2.17. The summed E-state index contributed by atoms with van der Waals surface area (Å²) in [6, 6.07) is 11.4. The molecule has 2 aromatic carbocycles. The first-order valence-electron chi connectivity index (χ1n) is 7.84. The van der Waals surface area contributed by atoms with Gasteiger partial charge in [0.15, 0.2) is 0 Å². The predicted molar refractivity (Wildman–Crippen MR) is 101 cm³/mol. The van der Waals surface area contributed by atoms with Crippen LogP contribution in [0.1, 0.15) is 22.8 Å². The number of methoxy groups -OCH3 is 1. The van der Waals surface area contributed by atoms with Gasteiger partial charge in [-0.2, -0.15) is 0 Å². The smallest absolute Gasteiger partial charge is 0.337 e. The van der Waals surface area contributed by atoms with E-state index in [0.717, 1.165) is 5.56 Å². The van der Waals surface area contributed by atoms with Crippen molar-refractivity contribution in [2.45, 2.75) is 13.8 Å². The standard InChI is InChI=1S/C19H19ClN2O4/c1-12-4-7-15(20)10-17(12)21-18(24)11-22(13(2)23)16-8-5-14(6-9-16)19(25)26-3/h4-10H,11H2,1-3H3,(H,21,24). The van der Waals surface area contributed by atoms with Crippen molar-refractivity contribution in [1.82, 2.24) is 0 Å². The second kappa shape index (κ2) is 8.49. The van der Waals surface area contributed by atoms with E-state index >= 15 is 0 Å². The van der Waals surface area contributed by atoms with Crippen LogP contribution in [-0.2, 0) is 14.3 Å². The lowest BCUT2D eigenvalue weighted by Crippen LogP contribution is -2.36. The molecule has 0 unspecified atom stereocenters. The maximum Gasteiger partial charge on any atom is 0.337 e. The molecular formula is C19H19ClN2O4. The third kappa shape index (κ3) is 4.83. The molecule has 0 saturated heterocycles. The molecule has 0 aliphatic heterocycles. The second-order valence-corrected chi connectivity index (χ2v) is 6.09. The number of nitrogens with zero attached hydrogens (tertiary/aromatic N) is 1. The van der Waals surface area contributed by atoms with Gasteiger partial charge in [-0.15, -0.1) is 0 Å². The topological polar surface area (TPSA) is 75.7 Å². The zero-order valence-corrected chi connectivity index (χ0v) is 15.5. The summed E-state index contributed by atoms with van der Waals surface area (Å²) in [7, 11) is 1.29. The Bertz CT molecular complexity index is 834. The fourth-order valence-corrected chi connectivity index (χ4v) is 2.51. The molecule has 136 valence electrons. The summed E-state index contributed by atoms with van der Waals surface area (Å²) in [4.78, 5) is 37.1. The third-order valence-electron chi connectivity index (χ3n) is 3.76. The van der Waals surface area contributed by atoms with Gasteiger partial charge >= 0.3 is 5.97 Å². The van der Waals surface area contributed by atoms with E-state index in [1.807, 2.05) is 6.92 Å². The quantitative estimate of drug-likeness (QED) is 0.813. The molecule has 2 amide bonds. The lowest BCUT2D eigenvalue weighted by Gasteiger charge is -2.21. The van der Waals surface area contributed by atoms with Gasteiger partial charge in [0.2, 0.25) is 11.8 Å². The largest absolute Gasteiger partial charge is 0.465 e. The monoisotopic (exact) mass is 374 g/mol. The number of carbonyl (C=O) groups excluding carboxylic acids is 3. The molecule has 0 aliphatic carbocycles. The first-order valence-corrected chi connectivity index (χ1v) is 8.22. The number of carbonyl (C=O) groups is 3. The minimum absolute atomic E-state index is 0.168. The normalized spacial score (nSPS) is 10.2. The number of ether oxygens (including phenoxy) is 1. The van der Waals surface area contributed by atoms with Gasteiger partial charge in [0, 0.05) is 23.3 Å². The van der Waals surface area contributed by atoms with Crippen molar-refractivity contribution in [3.8, 4) is 0 Å². The molecule has 26 heavy (non-hydrogen) atoms. The van der Waals surface area contributed by atoms with Crippen molar-refractivity contribution in [1.29, 1.82) is 0 Å². The Balaban J connectivity index is 2.15. The highest BCUT2D eigenvalue weighted by molar-refractivity contribution is 6.31. The van der Waals surface area contributed by atoms with Gasteiger partial charge in [0.05, 0.1) is 12.7 Å². The first-order chi connectivity index (χ1) is 12.3. The van der Waals surface area contributed by atoms with Crippen molar-refractivity contribution in [3.63, 3.8) is 0 Å². The van der Waals surface area contributed by atoms with E-state index in [-0.39, 0.29) is 18.4 Å².